The fraction of sp³-hybridized carbons (Fsp3) is 0.528. The van der Waals surface area contributed by atoms with E-state index in [4.69, 9.17) is 38.7 Å². The molecule has 0 bridgehead atoms. The number of piperazine rings is 1. The monoisotopic (exact) mass is 763 g/mol. The standard InChI is InChI=1S/C36H48Cl2N6O6S/c1-23-22-24(2)40-32-25(23)8-6-9-26(32)33(45)30-27(37)11-12-29(31(30)38)43(51(48)49)36(13-20-50-21-14-36)35(47)42-17-15-41(16-18-42)34(46)28(39)10-7-19-44(3,4)5/h6,8-9,11-12,22,28,33,45H,7,10,13-21,39H2,1-5H3/p+1/t28-,33?/m0/s1. The average molecular weight is 765 g/mol. The molecule has 3 heterocycles. The highest BCUT2D eigenvalue weighted by Gasteiger charge is 2.51. The van der Waals surface area contributed by atoms with Crippen molar-refractivity contribution < 1.29 is 32.7 Å². The number of hydrogen-bond donors (Lipinski definition) is 3. The number of quaternary nitrogens is 1. The summed E-state index contributed by atoms with van der Waals surface area (Å²) in [5, 5.41) is 12.8. The number of amides is 2. The minimum absolute atomic E-state index is 0.0629. The van der Waals surface area contributed by atoms with Crippen LogP contribution in [0.25, 0.3) is 10.9 Å². The van der Waals surface area contributed by atoms with E-state index in [1.807, 2.05) is 32.0 Å². The lowest BCUT2D eigenvalue weighted by atomic mass is 9.87. The van der Waals surface area contributed by atoms with Gasteiger partial charge in [0.1, 0.15) is 11.6 Å². The molecule has 0 radical (unpaired) electrons. The lowest BCUT2D eigenvalue weighted by molar-refractivity contribution is -0.870. The van der Waals surface area contributed by atoms with Crippen molar-refractivity contribution in [3.8, 4) is 0 Å². The molecule has 12 nitrogen and oxygen atoms in total. The number of ether oxygens (including phenoxy) is 1. The Balaban J connectivity index is 1.44. The van der Waals surface area contributed by atoms with E-state index in [2.05, 4.69) is 21.1 Å². The molecule has 1 aromatic heterocycles. The number of hydrogen-bond acceptors (Lipinski definition) is 7. The van der Waals surface area contributed by atoms with Gasteiger partial charge in [-0.2, -0.15) is 0 Å². The maximum Gasteiger partial charge on any atom is 0.262 e. The normalized spacial score (nSPS) is 18.4. The van der Waals surface area contributed by atoms with E-state index in [-0.39, 0.29) is 72.3 Å². The molecule has 2 aromatic carbocycles. The van der Waals surface area contributed by atoms with Gasteiger partial charge in [-0.3, -0.25) is 23.4 Å². The van der Waals surface area contributed by atoms with Crippen LogP contribution in [-0.2, 0) is 25.6 Å². The van der Waals surface area contributed by atoms with Gasteiger partial charge in [0, 0.05) is 79.5 Å². The van der Waals surface area contributed by atoms with Crippen molar-refractivity contribution >= 4 is 62.9 Å². The summed E-state index contributed by atoms with van der Waals surface area (Å²) in [5.41, 5.74) is 7.77. The third-order valence-corrected chi connectivity index (χ3v) is 11.5. The number of aryl methyl sites for hydroxylation is 2. The lowest BCUT2D eigenvalue weighted by Crippen LogP contribution is -2.65. The van der Waals surface area contributed by atoms with E-state index in [9.17, 15) is 23.5 Å². The van der Waals surface area contributed by atoms with Crippen molar-refractivity contribution in [3.05, 3.63) is 68.8 Å². The molecule has 2 aliphatic heterocycles. The Hall–Kier alpha value is -2.88. The molecule has 3 aromatic rings. The highest BCUT2D eigenvalue weighted by Crippen LogP contribution is 2.45. The third-order valence-electron chi connectivity index (χ3n) is 9.90. The summed E-state index contributed by atoms with van der Waals surface area (Å²) in [5.74, 6) is -0.516. The molecular formula is C36H49Cl2N6O6S+. The SMILES string of the molecule is Cc1cc(C)c2cccc(C(O)c3c(Cl)ccc(N(S(=O)O)C4(C(=O)N5CCN(C(=O)[C@@H](N)CCC[N+](C)(C)C)CC5)CCOCC4)c3Cl)c2n1. The first-order valence-electron chi connectivity index (χ1n) is 17.2. The number of carbonyl (C=O) groups excluding carboxylic acids is 2. The Kier molecular flexibility index (Phi) is 12.3. The maximum atomic E-state index is 14.6. The van der Waals surface area contributed by atoms with Crippen LogP contribution in [0.15, 0.2) is 36.4 Å². The number of rotatable bonds is 11. The van der Waals surface area contributed by atoms with E-state index < -0.39 is 29.0 Å². The second kappa shape index (κ2) is 16.0. The van der Waals surface area contributed by atoms with Gasteiger partial charge in [0.15, 0.2) is 0 Å². The van der Waals surface area contributed by atoms with Gasteiger partial charge in [0.2, 0.25) is 11.8 Å². The van der Waals surface area contributed by atoms with Gasteiger partial charge in [-0.15, -0.1) is 0 Å². The molecule has 278 valence electrons. The van der Waals surface area contributed by atoms with E-state index in [1.54, 1.807) is 15.9 Å². The Labute approximate surface area is 312 Å². The Bertz CT molecular complexity index is 1790. The van der Waals surface area contributed by atoms with Gasteiger partial charge >= 0.3 is 0 Å². The van der Waals surface area contributed by atoms with Gasteiger partial charge in [-0.25, -0.2) is 4.21 Å². The van der Waals surface area contributed by atoms with Crippen LogP contribution in [0.4, 0.5) is 5.69 Å². The zero-order chi connectivity index (χ0) is 37.2. The van der Waals surface area contributed by atoms with Crippen molar-refractivity contribution in [3.63, 3.8) is 0 Å². The van der Waals surface area contributed by atoms with Crippen LogP contribution in [0.1, 0.15) is 54.2 Å². The first-order chi connectivity index (χ1) is 24.1. The molecular weight excluding hydrogens is 715 g/mol. The average Bonchev–Trinajstić information content (AvgIpc) is 3.08. The smallest absolute Gasteiger partial charge is 0.262 e. The molecule has 5 rings (SSSR count). The summed E-state index contributed by atoms with van der Waals surface area (Å²) in [6.45, 7) is 6.12. The molecule has 2 unspecified atom stereocenters. The summed E-state index contributed by atoms with van der Waals surface area (Å²) >= 11 is 11.0. The highest BCUT2D eigenvalue weighted by atomic mass is 35.5. The van der Waals surface area contributed by atoms with E-state index in [0.717, 1.165) is 38.4 Å². The molecule has 0 aliphatic carbocycles. The van der Waals surface area contributed by atoms with Crippen LogP contribution in [0.2, 0.25) is 10.0 Å². The fourth-order valence-electron chi connectivity index (χ4n) is 7.19. The van der Waals surface area contributed by atoms with E-state index in [1.165, 1.54) is 12.1 Å². The van der Waals surface area contributed by atoms with Crippen LogP contribution < -0.4 is 10.0 Å². The second-order valence-corrected chi connectivity index (χ2v) is 16.2. The third kappa shape index (κ3) is 8.36. The van der Waals surface area contributed by atoms with E-state index in [0.29, 0.717) is 30.6 Å². The van der Waals surface area contributed by atoms with Gasteiger partial charge < -0.3 is 29.9 Å². The number of aliphatic hydroxyl groups excluding tert-OH is 1. The van der Waals surface area contributed by atoms with Crippen LogP contribution >= 0.6 is 23.2 Å². The van der Waals surface area contributed by atoms with Crippen molar-refractivity contribution in [1.82, 2.24) is 14.8 Å². The minimum Gasteiger partial charge on any atom is -0.383 e. The van der Waals surface area contributed by atoms with Crippen molar-refractivity contribution in [2.45, 2.75) is 57.2 Å². The highest BCUT2D eigenvalue weighted by molar-refractivity contribution is 7.80. The van der Waals surface area contributed by atoms with Crippen LogP contribution in [0.3, 0.4) is 0 Å². The Morgan fingerprint density at radius 1 is 1.08 bits per heavy atom. The molecule has 2 aliphatic rings. The molecule has 2 saturated heterocycles. The number of nitrogens with two attached hydrogens (primary N) is 1. The largest absolute Gasteiger partial charge is 0.383 e. The predicted molar refractivity (Wildman–Crippen MR) is 201 cm³/mol. The summed E-state index contributed by atoms with van der Waals surface area (Å²) in [6.07, 6.45) is 0.261. The number of fused-ring (bicyclic) bond motifs is 1. The zero-order valence-electron chi connectivity index (χ0n) is 29.9. The van der Waals surface area contributed by atoms with Gasteiger partial charge in [-0.05, 0) is 50.5 Å². The molecule has 2 fully saturated rings. The van der Waals surface area contributed by atoms with Crippen molar-refractivity contribution in [1.29, 1.82) is 0 Å². The topological polar surface area (TPSA) is 150 Å². The number of carbonyl (C=O) groups is 2. The number of pyridine rings is 1. The molecule has 2 amide bonds. The maximum absolute atomic E-state index is 14.6. The quantitative estimate of drug-likeness (QED) is 0.194. The summed E-state index contributed by atoms with van der Waals surface area (Å²) in [6, 6.07) is 9.80. The zero-order valence-corrected chi connectivity index (χ0v) is 32.2. The Morgan fingerprint density at radius 2 is 1.73 bits per heavy atom. The summed E-state index contributed by atoms with van der Waals surface area (Å²) in [7, 11) is 6.28. The van der Waals surface area contributed by atoms with Crippen LogP contribution in [0, 0.1) is 13.8 Å². The number of benzene rings is 2. The van der Waals surface area contributed by atoms with E-state index >= 15 is 0 Å². The first kappa shape index (κ1) is 39.3. The predicted octanol–water partition coefficient (Wildman–Crippen LogP) is 4.22. The van der Waals surface area contributed by atoms with Crippen LogP contribution in [-0.4, -0.2) is 124 Å². The number of nitrogens with zero attached hydrogens (tertiary/aromatic N) is 5. The molecule has 3 atom stereocenters. The van der Waals surface area contributed by atoms with Gasteiger partial charge in [0.25, 0.3) is 11.3 Å². The van der Waals surface area contributed by atoms with Crippen LogP contribution in [0.5, 0.6) is 0 Å². The van der Waals surface area contributed by atoms with Crippen molar-refractivity contribution in [2.75, 3.05) is 71.4 Å². The fourth-order valence-corrected chi connectivity index (χ4v) is 8.78. The summed E-state index contributed by atoms with van der Waals surface area (Å²) < 4.78 is 31.9. The molecule has 51 heavy (non-hydrogen) atoms. The number of anilines is 1. The number of aliphatic hydroxyl groups is 1. The lowest BCUT2D eigenvalue weighted by Gasteiger charge is -2.47. The Morgan fingerprint density at radius 3 is 2.35 bits per heavy atom. The molecule has 0 saturated carbocycles. The van der Waals surface area contributed by atoms with Gasteiger partial charge in [0.05, 0.1) is 50.0 Å². The molecule has 15 heteroatoms. The first-order valence-corrected chi connectivity index (χ1v) is 19.0. The van der Waals surface area contributed by atoms with Crippen molar-refractivity contribution in [2.24, 2.45) is 5.73 Å². The van der Waals surface area contributed by atoms with Gasteiger partial charge in [-0.1, -0.05) is 41.4 Å². The summed E-state index contributed by atoms with van der Waals surface area (Å²) in [4.78, 5) is 35.8. The number of aromatic nitrogens is 1. The number of halogens is 2. The molecule has 4 N–H and O–H groups in total. The second-order valence-electron chi connectivity index (χ2n) is 14.6. The number of para-hydroxylation sites is 1. The minimum atomic E-state index is -2.73. The molecule has 0 spiro atoms.